The van der Waals surface area contributed by atoms with Gasteiger partial charge >= 0.3 is 0 Å². The van der Waals surface area contributed by atoms with Gasteiger partial charge in [-0.1, -0.05) is 18.2 Å². The van der Waals surface area contributed by atoms with Crippen LogP contribution in [0.2, 0.25) is 0 Å². The van der Waals surface area contributed by atoms with Crippen LogP contribution >= 0.6 is 0 Å². The van der Waals surface area contributed by atoms with Crippen LogP contribution in [0.3, 0.4) is 0 Å². The molecule has 0 amide bonds. The van der Waals surface area contributed by atoms with Gasteiger partial charge in [0.25, 0.3) is 0 Å². The number of allylic oxidation sites excluding steroid dienone is 4. The van der Waals surface area contributed by atoms with Crippen LogP contribution in [0, 0.1) is 6.92 Å². The minimum Gasteiger partial charge on any atom is -0.385 e. The third kappa shape index (κ3) is 2.73. The summed E-state index contributed by atoms with van der Waals surface area (Å²) in [6, 6.07) is 2.11. The monoisotopic (exact) mass is 205 g/mol. The number of rotatable bonds is 1. The molecule has 0 fully saturated rings. The summed E-state index contributed by atoms with van der Waals surface area (Å²) in [5.74, 6) is 0.783. The number of nitrogens with two attached hydrogens (primary N) is 2. The largest absolute Gasteiger partial charge is 0.385 e. The summed E-state index contributed by atoms with van der Waals surface area (Å²) < 4.78 is 0. The first kappa shape index (κ1) is 11.6. The minimum absolute atomic E-state index is 0.783. The molecule has 3 heteroatoms. The maximum atomic E-state index is 5.75. The Labute approximate surface area is 90.9 Å². The molecule has 0 aromatic carbocycles. The Hall–Kier alpha value is -1.48. The first-order chi connectivity index (χ1) is 7.27. The molecule has 82 valence electrons. The molecule has 0 aliphatic heterocycles. The zero-order valence-corrected chi connectivity index (χ0v) is 9.38. The maximum absolute atomic E-state index is 5.75. The van der Waals surface area contributed by atoms with Gasteiger partial charge in [0.2, 0.25) is 0 Å². The van der Waals surface area contributed by atoms with Gasteiger partial charge in [-0.05, 0) is 44.0 Å². The van der Waals surface area contributed by atoms with E-state index in [1.54, 1.807) is 0 Å². The lowest BCUT2D eigenvalue weighted by Crippen LogP contribution is -1.89. The van der Waals surface area contributed by atoms with Crippen molar-refractivity contribution in [3.05, 3.63) is 35.6 Å². The summed E-state index contributed by atoms with van der Waals surface area (Å²) in [5.41, 5.74) is 13.9. The Balaban J connectivity index is 0.000000531. The van der Waals surface area contributed by atoms with Gasteiger partial charge in [-0.15, -0.1) is 0 Å². The molecule has 0 saturated heterocycles. The molecule has 1 aromatic rings. The molecule has 0 unspecified atom stereocenters. The number of aromatic nitrogens is 1. The fraction of sp³-hybridized carbons (Fsp3) is 0.333. The van der Waals surface area contributed by atoms with Gasteiger partial charge in [-0.25, -0.2) is 0 Å². The molecular weight excluding hydrogens is 186 g/mol. The van der Waals surface area contributed by atoms with Gasteiger partial charge in [0.05, 0.1) is 0 Å². The third-order valence-corrected chi connectivity index (χ3v) is 2.41. The second kappa shape index (κ2) is 5.41. The van der Waals surface area contributed by atoms with Gasteiger partial charge in [0.15, 0.2) is 0 Å². The SMILES string of the molecule is CN.Cc1cc(C2=CC=CCC2)[nH]c1N. The summed E-state index contributed by atoms with van der Waals surface area (Å²) in [6.45, 7) is 2.02. The average molecular weight is 205 g/mol. The number of nitrogen functional groups attached to an aromatic ring is 1. The van der Waals surface area contributed by atoms with Crippen molar-refractivity contribution in [2.45, 2.75) is 19.8 Å². The highest BCUT2D eigenvalue weighted by Gasteiger charge is 2.06. The fourth-order valence-electron chi connectivity index (χ4n) is 1.57. The van der Waals surface area contributed by atoms with E-state index in [4.69, 9.17) is 5.73 Å². The van der Waals surface area contributed by atoms with Crippen molar-refractivity contribution >= 4 is 11.4 Å². The van der Waals surface area contributed by atoms with E-state index in [-0.39, 0.29) is 0 Å². The molecule has 1 aromatic heterocycles. The normalized spacial score (nSPS) is 14.2. The standard InChI is InChI=1S/C11H14N2.CH5N/c1-8-7-10(13-11(8)12)9-5-3-2-4-6-9;1-2/h2-3,5,7,13H,4,6,12H2,1H3;2H2,1H3. The lowest BCUT2D eigenvalue weighted by molar-refractivity contribution is 1.04. The highest BCUT2D eigenvalue weighted by Crippen LogP contribution is 2.25. The summed E-state index contributed by atoms with van der Waals surface area (Å²) in [7, 11) is 1.50. The van der Waals surface area contributed by atoms with E-state index in [2.05, 4.69) is 35.0 Å². The van der Waals surface area contributed by atoms with Crippen LogP contribution in [0.15, 0.2) is 24.3 Å². The van der Waals surface area contributed by atoms with Crippen molar-refractivity contribution in [1.82, 2.24) is 4.98 Å². The highest BCUT2D eigenvalue weighted by atomic mass is 14.9. The molecule has 2 rings (SSSR count). The number of aromatic amines is 1. The smallest absolute Gasteiger partial charge is 0.104 e. The molecular formula is C12H19N3. The number of H-pyrrole nitrogens is 1. The topological polar surface area (TPSA) is 67.8 Å². The zero-order chi connectivity index (χ0) is 11.3. The molecule has 5 N–H and O–H groups in total. The van der Waals surface area contributed by atoms with Gasteiger partial charge in [-0.2, -0.15) is 0 Å². The van der Waals surface area contributed by atoms with Gasteiger partial charge < -0.3 is 16.5 Å². The Morgan fingerprint density at radius 1 is 1.33 bits per heavy atom. The van der Waals surface area contributed by atoms with Gasteiger partial charge in [-0.3, -0.25) is 0 Å². The molecule has 3 nitrogen and oxygen atoms in total. The molecule has 0 saturated carbocycles. The van der Waals surface area contributed by atoms with E-state index in [0.29, 0.717) is 0 Å². The molecule has 0 radical (unpaired) electrons. The van der Waals surface area contributed by atoms with Crippen LogP contribution in [0.25, 0.3) is 5.57 Å². The predicted octanol–water partition coefficient (Wildman–Crippen LogP) is 2.21. The van der Waals surface area contributed by atoms with Gasteiger partial charge in [0, 0.05) is 5.69 Å². The Kier molecular flexibility index (Phi) is 4.18. The molecule has 0 atom stereocenters. The van der Waals surface area contributed by atoms with Crippen LogP contribution in [0.1, 0.15) is 24.1 Å². The van der Waals surface area contributed by atoms with Crippen LogP contribution in [0.4, 0.5) is 5.82 Å². The van der Waals surface area contributed by atoms with Crippen LogP contribution in [-0.2, 0) is 0 Å². The van der Waals surface area contributed by atoms with Crippen molar-refractivity contribution in [1.29, 1.82) is 0 Å². The molecule has 1 heterocycles. The average Bonchev–Trinajstić information content (AvgIpc) is 2.63. The van der Waals surface area contributed by atoms with E-state index in [1.807, 2.05) is 6.92 Å². The second-order valence-electron chi connectivity index (χ2n) is 3.44. The number of nitrogens with one attached hydrogen (secondary N) is 1. The lowest BCUT2D eigenvalue weighted by atomic mass is 10.0. The molecule has 0 spiro atoms. The fourth-order valence-corrected chi connectivity index (χ4v) is 1.57. The summed E-state index contributed by atoms with van der Waals surface area (Å²) in [5, 5.41) is 0. The van der Waals surface area contributed by atoms with E-state index in [1.165, 1.54) is 18.3 Å². The van der Waals surface area contributed by atoms with Crippen molar-refractivity contribution in [2.24, 2.45) is 5.73 Å². The Bertz CT molecular complexity index is 353. The maximum Gasteiger partial charge on any atom is 0.104 e. The number of aryl methyl sites for hydroxylation is 1. The van der Waals surface area contributed by atoms with Crippen molar-refractivity contribution in [2.75, 3.05) is 12.8 Å². The quantitative estimate of drug-likeness (QED) is 0.658. The van der Waals surface area contributed by atoms with E-state index >= 15 is 0 Å². The number of anilines is 1. The lowest BCUT2D eigenvalue weighted by Gasteiger charge is -2.05. The van der Waals surface area contributed by atoms with Crippen molar-refractivity contribution in [3.8, 4) is 0 Å². The molecule has 1 aliphatic carbocycles. The van der Waals surface area contributed by atoms with Crippen molar-refractivity contribution in [3.63, 3.8) is 0 Å². The Morgan fingerprint density at radius 2 is 2.07 bits per heavy atom. The van der Waals surface area contributed by atoms with E-state index < -0.39 is 0 Å². The summed E-state index contributed by atoms with van der Waals surface area (Å²) in [6.07, 6.45) is 8.67. The first-order valence-electron chi connectivity index (χ1n) is 5.16. The third-order valence-electron chi connectivity index (χ3n) is 2.41. The minimum atomic E-state index is 0.783. The number of hydrogen-bond donors (Lipinski definition) is 3. The summed E-state index contributed by atoms with van der Waals surface area (Å²) in [4.78, 5) is 3.19. The second-order valence-corrected chi connectivity index (χ2v) is 3.44. The van der Waals surface area contributed by atoms with Crippen LogP contribution < -0.4 is 11.5 Å². The van der Waals surface area contributed by atoms with Gasteiger partial charge in [0.1, 0.15) is 5.82 Å². The molecule has 15 heavy (non-hydrogen) atoms. The van der Waals surface area contributed by atoms with E-state index in [9.17, 15) is 0 Å². The summed E-state index contributed by atoms with van der Waals surface area (Å²) >= 11 is 0. The number of hydrogen-bond acceptors (Lipinski definition) is 2. The first-order valence-corrected chi connectivity index (χ1v) is 5.16. The van der Waals surface area contributed by atoms with Crippen molar-refractivity contribution < 1.29 is 0 Å². The highest BCUT2D eigenvalue weighted by molar-refractivity contribution is 5.68. The van der Waals surface area contributed by atoms with E-state index in [0.717, 1.165) is 24.2 Å². The zero-order valence-electron chi connectivity index (χ0n) is 9.38. The Morgan fingerprint density at radius 3 is 2.53 bits per heavy atom. The molecule has 0 bridgehead atoms. The van der Waals surface area contributed by atoms with Crippen LogP contribution in [-0.4, -0.2) is 12.0 Å². The predicted molar refractivity (Wildman–Crippen MR) is 66.4 cm³/mol. The van der Waals surface area contributed by atoms with Crippen LogP contribution in [0.5, 0.6) is 0 Å². The molecule has 1 aliphatic rings.